The summed E-state index contributed by atoms with van der Waals surface area (Å²) in [5.74, 6) is -1.61. The van der Waals surface area contributed by atoms with Crippen molar-refractivity contribution in [1.29, 1.82) is 0 Å². The summed E-state index contributed by atoms with van der Waals surface area (Å²) in [6.07, 6.45) is 0.152. The highest BCUT2D eigenvalue weighted by Crippen LogP contribution is 2.38. The second kappa shape index (κ2) is 14.6. The van der Waals surface area contributed by atoms with Gasteiger partial charge in [-0.25, -0.2) is 4.39 Å². The predicted octanol–water partition coefficient (Wildman–Crippen LogP) is 6.23. The zero-order valence-electron chi connectivity index (χ0n) is 29.0. The Morgan fingerprint density at radius 1 is 0.868 bits per heavy atom. The molecule has 3 aliphatic rings. The molecule has 0 radical (unpaired) electrons. The van der Waals surface area contributed by atoms with E-state index >= 15 is 4.39 Å². The number of benzene rings is 3. The van der Waals surface area contributed by atoms with E-state index in [1.165, 1.54) is 22.8 Å². The molecule has 4 aromatic rings. The number of rotatable bonds is 7. The molecule has 2 N–H and O–H groups in total. The molecule has 3 aromatic carbocycles. The van der Waals surface area contributed by atoms with Crippen LogP contribution in [0.3, 0.4) is 0 Å². The van der Waals surface area contributed by atoms with Gasteiger partial charge in [0.1, 0.15) is 17.6 Å². The molecule has 1 unspecified atom stereocenters. The molecule has 1 atom stereocenters. The molecule has 14 heteroatoms. The number of pyridine rings is 1. The number of nitrogens with one attached hydrogen (secondary N) is 2. The van der Waals surface area contributed by atoms with Crippen LogP contribution in [0.1, 0.15) is 48.9 Å². The lowest BCUT2D eigenvalue weighted by molar-refractivity contribution is -0.274. The number of aryl methyl sites for hydroxylation is 1. The third-order valence-electron chi connectivity index (χ3n) is 10.7. The van der Waals surface area contributed by atoms with E-state index in [0.29, 0.717) is 90.6 Å². The minimum absolute atomic E-state index is 0.188. The van der Waals surface area contributed by atoms with Crippen LogP contribution in [0.5, 0.6) is 5.75 Å². The average Bonchev–Trinajstić information content (AvgIpc) is 3.14. The Balaban J connectivity index is 0.980. The van der Waals surface area contributed by atoms with Crippen LogP contribution in [0.2, 0.25) is 0 Å². The number of hydrogen-bond donors (Lipinski definition) is 2. The van der Waals surface area contributed by atoms with Crippen LogP contribution in [-0.4, -0.2) is 65.8 Å². The van der Waals surface area contributed by atoms with Gasteiger partial charge < -0.3 is 24.4 Å². The van der Waals surface area contributed by atoms with E-state index in [1.54, 1.807) is 60.6 Å². The standard InChI is InChI=1S/C39H39F4N5O5/c1-46-22-30(27-4-2-3-5-28(27)37(46)51)25-6-8-29(34(20-25)53-39(41,42)43)38(52)48-18-14-24(15-19-48)23-12-16-47(17-13-23)33-10-7-26(21-31(33)40)44-32-9-11-35(49)45-36(32)50/h2-8,10,20-24,32,44H,9,11-19H2,1H3,(H,45,49,50). The van der Waals surface area contributed by atoms with Crippen LogP contribution in [0.4, 0.5) is 28.9 Å². The van der Waals surface area contributed by atoms with Crippen LogP contribution in [0, 0.1) is 17.7 Å². The molecule has 3 fully saturated rings. The summed E-state index contributed by atoms with van der Waals surface area (Å²) in [5.41, 5.74) is 1.42. The third-order valence-corrected chi connectivity index (χ3v) is 10.7. The monoisotopic (exact) mass is 733 g/mol. The van der Waals surface area contributed by atoms with Gasteiger partial charge in [-0.1, -0.05) is 24.3 Å². The average molecular weight is 734 g/mol. The first-order valence-electron chi connectivity index (χ1n) is 17.8. The van der Waals surface area contributed by atoms with Gasteiger partial charge in [-0.2, -0.15) is 0 Å². The van der Waals surface area contributed by atoms with Crippen molar-refractivity contribution in [3.63, 3.8) is 0 Å². The molecule has 4 heterocycles. The molecule has 0 saturated carbocycles. The number of piperidine rings is 3. The largest absolute Gasteiger partial charge is 0.573 e. The smallest absolute Gasteiger partial charge is 0.405 e. The van der Waals surface area contributed by atoms with Gasteiger partial charge in [0.15, 0.2) is 0 Å². The number of halogens is 4. The quantitative estimate of drug-likeness (QED) is 0.171. The van der Waals surface area contributed by atoms with Crippen molar-refractivity contribution >= 4 is 39.9 Å². The number of alkyl halides is 3. The summed E-state index contributed by atoms with van der Waals surface area (Å²) in [6.45, 7) is 2.07. The van der Waals surface area contributed by atoms with Crippen LogP contribution in [0.25, 0.3) is 21.9 Å². The highest BCUT2D eigenvalue weighted by molar-refractivity contribution is 6.02. The summed E-state index contributed by atoms with van der Waals surface area (Å²) in [4.78, 5) is 53.5. The van der Waals surface area contributed by atoms with Crippen molar-refractivity contribution in [1.82, 2.24) is 14.8 Å². The van der Waals surface area contributed by atoms with Crippen molar-refractivity contribution in [3.8, 4) is 16.9 Å². The molecule has 0 aliphatic carbocycles. The van der Waals surface area contributed by atoms with Gasteiger partial charge >= 0.3 is 6.36 Å². The van der Waals surface area contributed by atoms with E-state index in [4.69, 9.17) is 0 Å². The number of fused-ring (bicyclic) bond motifs is 1. The molecule has 7 rings (SSSR count). The van der Waals surface area contributed by atoms with Gasteiger partial charge in [0.05, 0.1) is 11.3 Å². The molecule has 3 aliphatic heterocycles. The maximum Gasteiger partial charge on any atom is 0.573 e. The predicted molar refractivity (Wildman–Crippen MR) is 191 cm³/mol. The van der Waals surface area contributed by atoms with Crippen LogP contribution < -0.4 is 25.8 Å². The summed E-state index contributed by atoms with van der Waals surface area (Å²) in [6, 6.07) is 15.2. The molecule has 3 saturated heterocycles. The van der Waals surface area contributed by atoms with E-state index in [9.17, 15) is 32.3 Å². The van der Waals surface area contributed by atoms with Gasteiger partial charge in [-0.3, -0.25) is 24.5 Å². The number of anilines is 2. The summed E-state index contributed by atoms with van der Waals surface area (Å²) < 4.78 is 61.9. The van der Waals surface area contributed by atoms with Gasteiger partial charge in [-0.05, 0) is 91.3 Å². The molecule has 3 amide bonds. The Labute approximate surface area is 302 Å². The number of nitrogens with zero attached hydrogens (tertiary/aromatic N) is 3. The molecule has 10 nitrogen and oxygen atoms in total. The van der Waals surface area contributed by atoms with Gasteiger partial charge in [0.25, 0.3) is 11.5 Å². The normalized spacial score (nSPS) is 19.0. The Morgan fingerprint density at radius 2 is 1.55 bits per heavy atom. The van der Waals surface area contributed by atoms with Crippen LogP contribution in [-0.2, 0) is 16.6 Å². The van der Waals surface area contributed by atoms with Crippen LogP contribution >= 0.6 is 0 Å². The van der Waals surface area contributed by atoms with Crippen molar-refractivity contribution in [2.75, 3.05) is 36.4 Å². The first-order chi connectivity index (χ1) is 25.3. The third kappa shape index (κ3) is 7.72. The number of amides is 3. The molecular formula is C39H39F4N5O5. The zero-order chi connectivity index (χ0) is 37.4. The first-order valence-corrected chi connectivity index (χ1v) is 17.8. The number of imide groups is 1. The lowest BCUT2D eigenvalue weighted by Gasteiger charge is -2.41. The van der Waals surface area contributed by atoms with E-state index in [1.807, 2.05) is 4.90 Å². The maximum atomic E-state index is 15.2. The SMILES string of the molecule is Cn1cc(-c2ccc(C(=O)N3CCC(C4CCN(c5ccc(NC6CCC(=O)NC6=O)cc5F)CC4)CC3)c(OC(F)(F)F)c2)c2ccccc2c1=O. The zero-order valence-corrected chi connectivity index (χ0v) is 29.0. The molecule has 1 aromatic heterocycles. The van der Waals surface area contributed by atoms with Gasteiger partial charge in [0.2, 0.25) is 11.8 Å². The minimum Gasteiger partial charge on any atom is -0.405 e. The number of carbonyl (C=O) groups is 3. The lowest BCUT2D eigenvalue weighted by Crippen LogP contribution is -2.47. The van der Waals surface area contributed by atoms with E-state index in [0.717, 1.165) is 12.8 Å². The van der Waals surface area contributed by atoms with Crippen molar-refractivity contribution in [2.45, 2.75) is 50.9 Å². The molecule has 278 valence electrons. The van der Waals surface area contributed by atoms with Gasteiger partial charge in [0, 0.05) is 62.5 Å². The van der Waals surface area contributed by atoms with Crippen LogP contribution in [0.15, 0.2) is 71.7 Å². The number of ether oxygens (including phenoxy) is 1. The lowest BCUT2D eigenvalue weighted by atomic mass is 9.78. The summed E-state index contributed by atoms with van der Waals surface area (Å²) in [7, 11) is 1.57. The molecule has 0 bridgehead atoms. The maximum absolute atomic E-state index is 15.2. The highest BCUT2D eigenvalue weighted by atomic mass is 19.4. The Hall–Kier alpha value is -5.40. The number of aromatic nitrogens is 1. The molecular weight excluding hydrogens is 694 g/mol. The second-order valence-electron chi connectivity index (χ2n) is 14.0. The summed E-state index contributed by atoms with van der Waals surface area (Å²) >= 11 is 0. The van der Waals surface area contributed by atoms with Crippen molar-refractivity contribution < 1.29 is 36.7 Å². The fraction of sp³-hybridized carbons (Fsp3) is 0.385. The fourth-order valence-corrected chi connectivity index (χ4v) is 7.96. The first kappa shape index (κ1) is 36.0. The number of carbonyl (C=O) groups excluding carboxylic acids is 3. The summed E-state index contributed by atoms with van der Waals surface area (Å²) in [5, 5.41) is 6.28. The van der Waals surface area contributed by atoms with Crippen molar-refractivity contribution in [3.05, 3.63) is 88.6 Å². The Bertz CT molecular complexity index is 2120. The minimum atomic E-state index is -5.03. The molecule has 0 spiro atoms. The highest BCUT2D eigenvalue weighted by Gasteiger charge is 2.36. The Kier molecular flexibility index (Phi) is 9.88. The second-order valence-corrected chi connectivity index (χ2v) is 14.0. The van der Waals surface area contributed by atoms with E-state index in [2.05, 4.69) is 15.4 Å². The van der Waals surface area contributed by atoms with Gasteiger partial charge in [-0.15, -0.1) is 13.2 Å². The number of hydrogen-bond acceptors (Lipinski definition) is 7. The van der Waals surface area contributed by atoms with E-state index < -0.39 is 35.8 Å². The molecule has 53 heavy (non-hydrogen) atoms. The van der Waals surface area contributed by atoms with Crippen molar-refractivity contribution in [2.24, 2.45) is 18.9 Å². The topological polar surface area (TPSA) is 113 Å². The fourth-order valence-electron chi connectivity index (χ4n) is 7.96. The number of likely N-dealkylation sites (tertiary alicyclic amines) is 1. The Morgan fingerprint density at radius 3 is 2.21 bits per heavy atom. The van der Waals surface area contributed by atoms with E-state index in [-0.39, 0.29) is 23.5 Å².